The highest BCUT2D eigenvalue weighted by molar-refractivity contribution is 7.07. The number of aromatic nitrogens is 3. The fraction of sp³-hybridized carbons (Fsp3) is 0.533. The second-order valence-electron chi connectivity index (χ2n) is 5.31. The highest BCUT2D eigenvalue weighted by Gasteiger charge is 2.32. The highest BCUT2D eigenvalue weighted by atomic mass is 32.1. The fourth-order valence-corrected chi connectivity index (χ4v) is 3.28. The molecule has 0 spiro atoms. The molecule has 2 aromatic heterocycles. The van der Waals surface area contributed by atoms with Gasteiger partial charge in [0.05, 0.1) is 17.8 Å². The molecular formula is C15H20N4O2S. The second kappa shape index (κ2) is 6.58. The van der Waals surface area contributed by atoms with Gasteiger partial charge in [-0.15, -0.1) is 11.3 Å². The number of amides is 1. The van der Waals surface area contributed by atoms with E-state index in [1.165, 1.54) is 11.3 Å². The lowest BCUT2D eigenvalue weighted by Gasteiger charge is -2.31. The van der Waals surface area contributed by atoms with Crippen LogP contribution >= 0.6 is 11.3 Å². The number of fused-ring (bicyclic) bond motifs is 1. The van der Waals surface area contributed by atoms with Crippen molar-refractivity contribution in [3.8, 4) is 0 Å². The summed E-state index contributed by atoms with van der Waals surface area (Å²) in [7, 11) is 0. The molecule has 0 bridgehead atoms. The Labute approximate surface area is 133 Å². The molecule has 1 aliphatic rings. The Bertz CT molecular complexity index is 638. The molecule has 1 aliphatic heterocycles. The minimum absolute atomic E-state index is 0.0161. The molecule has 0 unspecified atom stereocenters. The summed E-state index contributed by atoms with van der Waals surface area (Å²) >= 11 is 1.44. The van der Waals surface area contributed by atoms with E-state index >= 15 is 0 Å². The van der Waals surface area contributed by atoms with Gasteiger partial charge in [-0.1, -0.05) is 0 Å². The van der Waals surface area contributed by atoms with Crippen molar-refractivity contribution < 1.29 is 9.53 Å². The van der Waals surface area contributed by atoms with Crippen LogP contribution < -0.4 is 0 Å². The molecule has 3 rings (SSSR count). The number of carbonyl (C=O) groups excluding carboxylic acids is 1. The number of carbonyl (C=O) groups is 1. The van der Waals surface area contributed by atoms with Gasteiger partial charge in [0, 0.05) is 49.3 Å². The van der Waals surface area contributed by atoms with Crippen LogP contribution in [0.2, 0.25) is 0 Å². The monoisotopic (exact) mass is 320 g/mol. The van der Waals surface area contributed by atoms with E-state index in [0.717, 1.165) is 17.8 Å². The molecule has 0 aliphatic carbocycles. The van der Waals surface area contributed by atoms with Crippen LogP contribution in [-0.4, -0.2) is 45.3 Å². The first-order chi connectivity index (χ1) is 10.7. The maximum atomic E-state index is 12.6. The molecule has 1 atom stereocenters. The predicted octanol–water partition coefficient (Wildman–Crippen LogP) is 2.14. The molecule has 0 N–H and O–H groups in total. The fourth-order valence-electron chi connectivity index (χ4n) is 2.75. The third-order valence-corrected chi connectivity index (χ3v) is 4.43. The van der Waals surface area contributed by atoms with Crippen LogP contribution in [0.25, 0.3) is 0 Å². The average molecular weight is 320 g/mol. The predicted molar refractivity (Wildman–Crippen MR) is 84.0 cm³/mol. The van der Waals surface area contributed by atoms with E-state index in [-0.39, 0.29) is 11.8 Å². The topological polar surface area (TPSA) is 60.2 Å². The Kier molecular flexibility index (Phi) is 4.54. The SMILES string of the molecule is CCOC[C@H]1CN(C(=O)c2cscn2)Cc2cn(CC)nc21. The lowest BCUT2D eigenvalue weighted by Crippen LogP contribution is -2.39. The Balaban J connectivity index is 1.85. The van der Waals surface area contributed by atoms with Crippen LogP contribution in [0.15, 0.2) is 17.1 Å². The third kappa shape index (κ3) is 2.91. The number of nitrogens with zero attached hydrogens (tertiary/aromatic N) is 4. The quantitative estimate of drug-likeness (QED) is 0.847. The Morgan fingerprint density at radius 2 is 2.36 bits per heavy atom. The molecule has 0 aromatic carbocycles. The van der Waals surface area contributed by atoms with Crippen molar-refractivity contribution in [1.82, 2.24) is 19.7 Å². The lowest BCUT2D eigenvalue weighted by atomic mass is 9.97. The molecule has 22 heavy (non-hydrogen) atoms. The molecule has 6 nitrogen and oxygen atoms in total. The number of aryl methyl sites for hydroxylation is 1. The van der Waals surface area contributed by atoms with Crippen LogP contribution in [-0.2, 0) is 17.8 Å². The van der Waals surface area contributed by atoms with E-state index in [2.05, 4.69) is 17.0 Å². The maximum absolute atomic E-state index is 12.6. The average Bonchev–Trinajstić information content (AvgIpc) is 3.20. The highest BCUT2D eigenvalue weighted by Crippen LogP contribution is 2.28. The molecule has 0 saturated heterocycles. The Morgan fingerprint density at radius 1 is 1.50 bits per heavy atom. The van der Waals surface area contributed by atoms with Crippen molar-refractivity contribution >= 4 is 17.2 Å². The number of thiazole rings is 1. The molecule has 1 amide bonds. The molecule has 2 aromatic rings. The first-order valence-corrected chi connectivity index (χ1v) is 8.48. The summed E-state index contributed by atoms with van der Waals surface area (Å²) in [6.07, 6.45) is 2.04. The van der Waals surface area contributed by atoms with E-state index in [1.54, 1.807) is 10.9 Å². The van der Waals surface area contributed by atoms with Crippen molar-refractivity contribution in [3.05, 3.63) is 34.0 Å². The van der Waals surface area contributed by atoms with E-state index in [4.69, 9.17) is 4.74 Å². The van der Waals surface area contributed by atoms with Crippen LogP contribution in [0.1, 0.15) is 41.5 Å². The molecule has 0 saturated carbocycles. The van der Waals surface area contributed by atoms with Crippen LogP contribution in [0.3, 0.4) is 0 Å². The van der Waals surface area contributed by atoms with Crippen molar-refractivity contribution in [1.29, 1.82) is 0 Å². The Morgan fingerprint density at radius 3 is 3.05 bits per heavy atom. The summed E-state index contributed by atoms with van der Waals surface area (Å²) in [6.45, 7) is 7.35. The molecule has 3 heterocycles. The largest absolute Gasteiger partial charge is 0.381 e. The van der Waals surface area contributed by atoms with Crippen molar-refractivity contribution in [2.45, 2.75) is 32.9 Å². The van der Waals surface area contributed by atoms with Crippen molar-refractivity contribution in [2.75, 3.05) is 19.8 Å². The number of hydrogen-bond acceptors (Lipinski definition) is 5. The van der Waals surface area contributed by atoms with Gasteiger partial charge in [-0.05, 0) is 13.8 Å². The van der Waals surface area contributed by atoms with Crippen molar-refractivity contribution in [2.24, 2.45) is 0 Å². The summed E-state index contributed by atoms with van der Waals surface area (Å²) in [5.41, 5.74) is 4.39. The van der Waals surface area contributed by atoms with Gasteiger partial charge in [0.1, 0.15) is 5.69 Å². The smallest absolute Gasteiger partial charge is 0.273 e. The normalized spacial score (nSPS) is 17.5. The minimum atomic E-state index is -0.0161. The summed E-state index contributed by atoms with van der Waals surface area (Å²) in [4.78, 5) is 18.5. The zero-order chi connectivity index (χ0) is 15.5. The zero-order valence-corrected chi connectivity index (χ0v) is 13.7. The first kappa shape index (κ1) is 15.2. The van der Waals surface area contributed by atoms with Crippen molar-refractivity contribution in [3.63, 3.8) is 0 Å². The van der Waals surface area contributed by atoms with Gasteiger partial charge in [0.2, 0.25) is 0 Å². The van der Waals surface area contributed by atoms with Crippen LogP contribution in [0.5, 0.6) is 0 Å². The van der Waals surface area contributed by atoms with Gasteiger partial charge in [-0.2, -0.15) is 5.10 Å². The maximum Gasteiger partial charge on any atom is 0.273 e. The molecule has 0 radical (unpaired) electrons. The van der Waals surface area contributed by atoms with Gasteiger partial charge in [0.25, 0.3) is 5.91 Å². The molecular weight excluding hydrogens is 300 g/mol. The summed E-state index contributed by atoms with van der Waals surface area (Å²) < 4.78 is 7.52. The molecule has 7 heteroatoms. The summed E-state index contributed by atoms with van der Waals surface area (Å²) in [5, 5.41) is 6.44. The van der Waals surface area contributed by atoms with Gasteiger partial charge >= 0.3 is 0 Å². The zero-order valence-electron chi connectivity index (χ0n) is 12.9. The van der Waals surface area contributed by atoms with Crippen LogP contribution in [0.4, 0.5) is 0 Å². The molecule has 118 valence electrons. The second-order valence-corrected chi connectivity index (χ2v) is 6.03. The summed E-state index contributed by atoms with van der Waals surface area (Å²) in [5.74, 6) is 0.108. The minimum Gasteiger partial charge on any atom is -0.381 e. The van der Waals surface area contributed by atoms with E-state index in [9.17, 15) is 4.79 Å². The standard InChI is InChI=1S/C15H20N4O2S/c1-3-19-7-11-5-18(15(20)13-9-22-10-16-13)6-12(8-21-4-2)14(11)17-19/h7,9-10,12H,3-6,8H2,1-2H3/t12-/m1/s1. The molecule has 0 fully saturated rings. The summed E-state index contributed by atoms with van der Waals surface area (Å²) in [6, 6.07) is 0. The lowest BCUT2D eigenvalue weighted by molar-refractivity contribution is 0.0647. The first-order valence-electron chi connectivity index (χ1n) is 7.54. The number of rotatable bonds is 5. The van der Waals surface area contributed by atoms with Gasteiger partial charge in [-0.25, -0.2) is 4.98 Å². The third-order valence-electron chi connectivity index (χ3n) is 3.84. The van der Waals surface area contributed by atoms with Gasteiger partial charge in [-0.3, -0.25) is 9.48 Å². The number of ether oxygens (including phenoxy) is 1. The van der Waals surface area contributed by atoms with E-state index < -0.39 is 0 Å². The van der Waals surface area contributed by atoms with Gasteiger partial charge < -0.3 is 9.64 Å². The Hall–Kier alpha value is -1.73. The van der Waals surface area contributed by atoms with E-state index in [0.29, 0.717) is 32.0 Å². The number of hydrogen-bond donors (Lipinski definition) is 0. The van der Waals surface area contributed by atoms with E-state index in [1.807, 2.05) is 22.7 Å². The van der Waals surface area contributed by atoms with Gasteiger partial charge in [0.15, 0.2) is 0 Å². The van der Waals surface area contributed by atoms with Crippen LogP contribution in [0, 0.1) is 0 Å².